The van der Waals surface area contributed by atoms with Gasteiger partial charge in [0.2, 0.25) is 0 Å². The van der Waals surface area contributed by atoms with E-state index < -0.39 is 30.3 Å². The zero-order valence-corrected chi connectivity index (χ0v) is 15.2. The van der Waals surface area contributed by atoms with Crippen LogP contribution in [0.5, 0.6) is 0 Å². The number of aliphatic hydroxyl groups excluding tert-OH is 3. The number of rotatable bonds is 5. The van der Waals surface area contributed by atoms with Gasteiger partial charge in [0.05, 0.1) is 25.1 Å². The van der Waals surface area contributed by atoms with E-state index >= 15 is 0 Å². The van der Waals surface area contributed by atoms with Gasteiger partial charge in [0.15, 0.2) is 11.5 Å². The molecule has 148 valence electrons. The Bertz CT molecular complexity index is 934. The Labute approximate surface area is 161 Å². The number of nitrogens with zero attached hydrogens (tertiary/aromatic N) is 4. The molecular formula is C19H23N5O4. The van der Waals surface area contributed by atoms with Crippen LogP contribution in [-0.2, 0) is 11.3 Å². The molecule has 9 heteroatoms. The lowest BCUT2D eigenvalue weighted by molar-refractivity contribution is -0.167. The van der Waals surface area contributed by atoms with E-state index in [2.05, 4.69) is 15.0 Å². The number of imidazole rings is 1. The molecule has 1 aromatic carbocycles. The van der Waals surface area contributed by atoms with Crippen molar-refractivity contribution in [3.8, 4) is 0 Å². The minimum Gasteiger partial charge on any atom is -0.396 e. The third-order valence-electron chi connectivity index (χ3n) is 5.36. The van der Waals surface area contributed by atoms with Gasteiger partial charge >= 0.3 is 0 Å². The number of aliphatic hydroxyl groups is 3. The van der Waals surface area contributed by atoms with Crippen LogP contribution in [0.15, 0.2) is 43.0 Å². The monoisotopic (exact) mass is 385 g/mol. The summed E-state index contributed by atoms with van der Waals surface area (Å²) in [7, 11) is 0. The molecule has 0 amide bonds. The number of nitrogens with two attached hydrogens (primary N) is 1. The Morgan fingerprint density at radius 3 is 2.64 bits per heavy atom. The molecule has 0 unspecified atom stereocenters. The van der Waals surface area contributed by atoms with Gasteiger partial charge in [0.25, 0.3) is 0 Å². The van der Waals surface area contributed by atoms with E-state index in [-0.39, 0.29) is 19.0 Å². The zero-order chi connectivity index (χ0) is 19.7. The lowest BCUT2D eigenvalue weighted by atomic mass is 9.79. The largest absolute Gasteiger partial charge is 0.396 e. The topological polar surface area (TPSA) is 140 Å². The van der Waals surface area contributed by atoms with Gasteiger partial charge in [-0.25, -0.2) is 15.0 Å². The second-order valence-corrected chi connectivity index (χ2v) is 7.07. The van der Waals surface area contributed by atoms with E-state index in [9.17, 15) is 15.3 Å². The van der Waals surface area contributed by atoms with E-state index in [1.165, 1.54) is 6.33 Å². The Balaban J connectivity index is 1.63. The Kier molecular flexibility index (Phi) is 5.23. The molecule has 1 saturated carbocycles. The standard InChI is InChI=1S/C19H23N5O4/c20-18-14-19(22-9-21-18)24(10-23-14)13-6-12(7-25)15(26)17(16(13)27)28-8-11-4-2-1-3-5-11/h1-5,9-10,12-13,15-17,25-27H,6-8H2,(H2,20,21,22)/t12-,13-,15-,16+,17+/m1/s1. The van der Waals surface area contributed by atoms with Crippen molar-refractivity contribution in [2.75, 3.05) is 12.3 Å². The highest BCUT2D eigenvalue weighted by molar-refractivity contribution is 5.81. The van der Waals surface area contributed by atoms with Crippen LogP contribution in [0.1, 0.15) is 18.0 Å². The number of hydrogen-bond acceptors (Lipinski definition) is 8. The van der Waals surface area contributed by atoms with Crippen molar-refractivity contribution in [3.05, 3.63) is 48.5 Å². The molecule has 0 saturated heterocycles. The molecular weight excluding hydrogens is 362 g/mol. The van der Waals surface area contributed by atoms with Gasteiger partial charge < -0.3 is 30.4 Å². The molecule has 0 bridgehead atoms. The van der Waals surface area contributed by atoms with Crippen molar-refractivity contribution in [1.82, 2.24) is 19.5 Å². The first kappa shape index (κ1) is 18.8. The minimum absolute atomic E-state index is 0.223. The predicted molar refractivity (Wildman–Crippen MR) is 101 cm³/mol. The number of fused-ring (bicyclic) bond motifs is 1. The summed E-state index contributed by atoms with van der Waals surface area (Å²) in [5.41, 5.74) is 7.72. The van der Waals surface area contributed by atoms with Crippen LogP contribution in [0.2, 0.25) is 0 Å². The highest BCUT2D eigenvalue weighted by Gasteiger charge is 2.45. The van der Waals surface area contributed by atoms with Crippen LogP contribution < -0.4 is 5.73 Å². The number of aromatic nitrogens is 4. The molecule has 28 heavy (non-hydrogen) atoms. The third kappa shape index (κ3) is 3.33. The molecule has 2 heterocycles. The summed E-state index contributed by atoms with van der Waals surface area (Å²) in [6.45, 7) is 0.0175. The summed E-state index contributed by atoms with van der Waals surface area (Å²) in [6, 6.07) is 9.03. The van der Waals surface area contributed by atoms with Gasteiger partial charge in [-0.05, 0) is 12.0 Å². The third-order valence-corrected chi connectivity index (χ3v) is 5.36. The maximum Gasteiger partial charge on any atom is 0.165 e. The fourth-order valence-electron chi connectivity index (χ4n) is 3.82. The van der Waals surface area contributed by atoms with Crippen molar-refractivity contribution in [3.63, 3.8) is 0 Å². The van der Waals surface area contributed by atoms with Crippen LogP contribution in [0.3, 0.4) is 0 Å². The van der Waals surface area contributed by atoms with Crippen LogP contribution in [-0.4, -0.2) is 59.8 Å². The predicted octanol–water partition coefficient (Wildman–Crippen LogP) is 0.269. The Morgan fingerprint density at radius 1 is 1.11 bits per heavy atom. The number of benzene rings is 1. The fourth-order valence-corrected chi connectivity index (χ4v) is 3.82. The molecule has 5 atom stereocenters. The van der Waals surface area contributed by atoms with E-state index in [0.717, 1.165) is 5.56 Å². The highest BCUT2D eigenvalue weighted by Crippen LogP contribution is 2.36. The lowest BCUT2D eigenvalue weighted by Gasteiger charge is -2.42. The van der Waals surface area contributed by atoms with Gasteiger partial charge in [-0.3, -0.25) is 0 Å². The zero-order valence-electron chi connectivity index (χ0n) is 15.2. The van der Waals surface area contributed by atoms with Gasteiger partial charge in [0, 0.05) is 12.5 Å². The molecule has 3 aromatic rings. The van der Waals surface area contributed by atoms with Crippen molar-refractivity contribution >= 4 is 17.0 Å². The van der Waals surface area contributed by atoms with Crippen molar-refractivity contribution < 1.29 is 20.1 Å². The molecule has 5 N–H and O–H groups in total. The van der Waals surface area contributed by atoms with Gasteiger partial charge in [-0.2, -0.15) is 0 Å². The maximum atomic E-state index is 11.0. The first-order valence-electron chi connectivity index (χ1n) is 9.15. The second kappa shape index (κ2) is 7.80. The summed E-state index contributed by atoms with van der Waals surface area (Å²) < 4.78 is 7.60. The van der Waals surface area contributed by atoms with Crippen LogP contribution in [0, 0.1) is 5.92 Å². The molecule has 0 radical (unpaired) electrons. The van der Waals surface area contributed by atoms with E-state index in [0.29, 0.717) is 17.6 Å². The van der Waals surface area contributed by atoms with E-state index in [4.69, 9.17) is 10.5 Å². The minimum atomic E-state index is -1.02. The highest BCUT2D eigenvalue weighted by atomic mass is 16.5. The number of ether oxygens (including phenoxy) is 1. The molecule has 4 rings (SSSR count). The molecule has 1 aliphatic carbocycles. The smallest absolute Gasteiger partial charge is 0.165 e. The van der Waals surface area contributed by atoms with Gasteiger partial charge in [0.1, 0.15) is 24.1 Å². The molecule has 0 aliphatic heterocycles. The summed E-state index contributed by atoms with van der Waals surface area (Å²) in [5.74, 6) is -0.199. The average Bonchev–Trinajstić information content (AvgIpc) is 3.14. The van der Waals surface area contributed by atoms with E-state index in [1.807, 2.05) is 30.3 Å². The fraction of sp³-hybridized carbons (Fsp3) is 0.421. The number of nitrogen functional groups attached to an aromatic ring is 1. The Morgan fingerprint density at radius 2 is 1.89 bits per heavy atom. The molecule has 2 aromatic heterocycles. The first-order valence-corrected chi connectivity index (χ1v) is 9.15. The number of anilines is 1. The second-order valence-electron chi connectivity index (χ2n) is 7.07. The van der Waals surface area contributed by atoms with Gasteiger partial charge in [-0.1, -0.05) is 30.3 Å². The van der Waals surface area contributed by atoms with Crippen molar-refractivity contribution in [2.45, 2.75) is 37.4 Å². The SMILES string of the molecule is Nc1ncnc2c1ncn2[C@@H]1C[C@H](CO)[C@@H](O)[C@H](OCc2ccccc2)[C@H]1O. The van der Waals surface area contributed by atoms with Crippen LogP contribution in [0.25, 0.3) is 11.2 Å². The molecule has 1 fully saturated rings. The Hall–Kier alpha value is -2.59. The van der Waals surface area contributed by atoms with Crippen LogP contribution >= 0.6 is 0 Å². The summed E-state index contributed by atoms with van der Waals surface area (Å²) in [4.78, 5) is 12.4. The quantitative estimate of drug-likeness (QED) is 0.491. The van der Waals surface area contributed by atoms with Crippen LogP contribution in [0.4, 0.5) is 5.82 Å². The van der Waals surface area contributed by atoms with Gasteiger partial charge in [-0.15, -0.1) is 0 Å². The normalized spacial score (nSPS) is 27.9. The molecule has 9 nitrogen and oxygen atoms in total. The average molecular weight is 385 g/mol. The molecule has 0 spiro atoms. The summed E-state index contributed by atoms with van der Waals surface area (Å²) >= 11 is 0. The lowest BCUT2D eigenvalue weighted by Crippen LogP contribution is -2.53. The maximum absolute atomic E-state index is 11.0. The summed E-state index contributed by atoms with van der Waals surface area (Å²) in [5, 5.41) is 31.4. The first-order chi connectivity index (χ1) is 13.6. The van der Waals surface area contributed by atoms with Crippen molar-refractivity contribution in [2.24, 2.45) is 5.92 Å². The summed E-state index contributed by atoms with van der Waals surface area (Å²) in [6.07, 6.45) is 0.355. The van der Waals surface area contributed by atoms with E-state index in [1.54, 1.807) is 10.9 Å². The number of hydrogen-bond donors (Lipinski definition) is 4. The molecule has 1 aliphatic rings. The van der Waals surface area contributed by atoms with Crippen molar-refractivity contribution in [1.29, 1.82) is 0 Å².